The fourth-order valence-electron chi connectivity index (χ4n) is 3.26. The maximum atomic E-state index is 13.5. The maximum Gasteiger partial charge on any atom is 0.190 e. The molecule has 0 saturated carbocycles. The molecule has 3 aromatic rings. The average Bonchev–Trinajstić information content (AvgIpc) is 3.14. The summed E-state index contributed by atoms with van der Waals surface area (Å²) in [6.07, 6.45) is 3.52. The number of H-pyrrole nitrogens is 1. The molecule has 0 aliphatic heterocycles. The third kappa shape index (κ3) is 6.01. The highest BCUT2D eigenvalue weighted by Gasteiger charge is 2.07. The van der Waals surface area contributed by atoms with Gasteiger partial charge in [0.2, 0.25) is 0 Å². The summed E-state index contributed by atoms with van der Waals surface area (Å²) < 4.78 is 24.1. The number of rotatable bonds is 8. The molecule has 0 atom stereocenters. The second-order valence-electron chi connectivity index (χ2n) is 6.62. The van der Waals surface area contributed by atoms with Crippen LogP contribution < -0.4 is 20.1 Å². The zero-order chi connectivity index (χ0) is 20.6. The minimum absolute atomic E-state index is 0. The van der Waals surface area contributed by atoms with Crippen LogP contribution in [0.4, 0.5) is 4.39 Å². The number of hydrogen-bond acceptors (Lipinski definition) is 3. The first-order valence-electron chi connectivity index (χ1n) is 9.55. The largest absolute Gasteiger partial charge is 0.493 e. The number of aromatic amines is 1. The SMILES string of the molecule is CN=C(NCCc1ccc(OC)c(OC)c1)NCCc1c[nH]c2ccc(F)cc12.I. The highest BCUT2D eigenvalue weighted by molar-refractivity contribution is 14.0. The van der Waals surface area contributed by atoms with Gasteiger partial charge >= 0.3 is 0 Å². The van der Waals surface area contributed by atoms with Crippen LogP contribution in [0.25, 0.3) is 10.9 Å². The van der Waals surface area contributed by atoms with Crippen LogP contribution in [-0.4, -0.2) is 45.3 Å². The molecule has 6 nitrogen and oxygen atoms in total. The Bertz CT molecular complexity index is 990. The summed E-state index contributed by atoms with van der Waals surface area (Å²) in [6, 6.07) is 10.7. The number of ether oxygens (including phenoxy) is 2. The van der Waals surface area contributed by atoms with Crippen LogP contribution in [0.3, 0.4) is 0 Å². The predicted molar refractivity (Wildman–Crippen MR) is 130 cm³/mol. The van der Waals surface area contributed by atoms with Crippen molar-refractivity contribution in [1.82, 2.24) is 15.6 Å². The molecule has 1 aromatic heterocycles. The van der Waals surface area contributed by atoms with E-state index >= 15 is 0 Å². The quantitative estimate of drug-likeness (QED) is 0.237. The van der Waals surface area contributed by atoms with Crippen LogP contribution in [0.2, 0.25) is 0 Å². The average molecular weight is 526 g/mol. The van der Waals surface area contributed by atoms with Crippen molar-refractivity contribution in [2.75, 3.05) is 34.4 Å². The summed E-state index contributed by atoms with van der Waals surface area (Å²) >= 11 is 0. The Morgan fingerprint density at radius 3 is 2.43 bits per heavy atom. The van der Waals surface area contributed by atoms with Gasteiger partial charge in [0.25, 0.3) is 0 Å². The number of fused-ring (bicyclic) bond motifs is 1. The molecule has 162 valence electrons. The number of aliphatic imine (C=N–C) groups is 1. The Morgan fingerprint density at radius 2 is 1.73 bits per heavy atom. The minimum Gasteiger partial charge on any atom is -0.493 e. The number of nitrogens with zero attached hydrogens (tertiary/aromatic N) is 1. The molecule has 0 spiro atoms. The van der Waals surface area contributed by atoms with E-state index < -0.39 is 0 Å². The third-order valence-electron chi connectivity index (χ3n) is 4.79. The minimum atomic E-state index is -0.223. The molecule has 3 rings (SSSR count). The molecule has 1 heterocycles. The van der Waals surface area contributed by atoms with E-state index in [0.717, 1.165) is 58.9 Å². The molecule has 0 aliphatic rings. The molecule has 0 radical (unpaired) electrons. The van der Waals surface area contributed by atoms with Crippen molar-refractivity contribution in [3.8, 4) is 11.5 Å². The standard InChI is InChI=1S/C22H27FN4O2.HI/c1-24-22(25-10-8-15-4-7-20(28-2)21(12-15)29-3)26-11-9-16-14-27-19-6-5-17(23)13-18(16)19;/h4-7,12-14,27H,8-11H2,1-3H3,(H2,24,25,26);1H. The molecular formula is C22H28FIN4O2. The molecule has 2 aromatic carbocycles. The van der Waals surface area contributed by atoms with E-state index in [0.29, 0.717) is 6.54 Å². The van der Waals surface area contributed by atoms with Gasteiger partial charge in [0, 0.05) is 37.2 Å². The van der Waals surface area contributed by atoms with Crippen LogP contribution >= 0.6 is 24.0 Å². The lowest BCUT2D eigenvalue weighted by Gasteiger charge is -2.13. The van der Waals surface area contributed by atoms with Gasteiger partial charge in [-0.2, -0.15) is 0 Å². The first-order chi connectivity index (χ1) is 14.1. The lowest BCUT2D eigenvalue weighted by Crippen LogP contribution is -2.39. The third-order valence-corrected chi connectivity index (χ3v) is 4.79. The first-order valence-corrected chi connectivity index (χ1v) is 9.55. The smallest absolute Gasteiger partial charge is 0.190 e. The van der Waals surface area contributed by atoms with Crippen LogP contribution in [0, 0.1) is 5.82 Å². The molecule has 0 amide bonds. The zero-order valence-electron chi connectivity index (χ0n) is 17.4. The Kier molecular flexibility index (Phi) is 9.22. The number of hydrogen-bond donors (Lipinski definition) is 3. The van der Waals surface area contributed by atoms with Crippen molar-refractivity contribution >= 4 is 40.8 Å². The number of methoxy groups -OCH3 is 2. The number of nitrogens with one attached hydrogen (secondary N) is 3. The number of halogens is 2. The van der Waals surface area contributed by atoms with Gasteiger partial charge in [-0.25, -0.2) is 4.39 Å². The number of aromatic nitrogens is 1. The monoisotopic (exact) mass is 526 g/mol. The highest BCUT2D eigenvalue weighted by atomic mass is 127. The van der Waals surface area contributed by atoms with Crippen LogP contribution in [0.5, 0.6) is 11.5 Å². The normalized spacial score (nSPS) is 11.1. The Labute approximate surface area is 193 Å². The summed E-state index contributed by atoms with van der Waals surface area (Å²) in [5.41, 5.74) is 3.16. The summed E-state index contributed by atoms with van der Waals surface area (Å²) in [5.74, 6) is 1.96. The molecule has 0 saturated heterocycles. The summed E-state index contributed by atoms with van der Waals surface area (Å²) in [7, 11) is 5.00. The van der Waals surface area contributed by atoms with E-state index in [1.807, 2.05) is 24.4 Å². The molecule has 8 heteroatoms. The van der Waals surface area contributed by atoms with E-state index in [1.54, 1.807) is 33.4 Å². The van der Waals surface area contributed by atoms with Crippen molar-refractivity contribution in [3.05, 3.63) is 59.5 Å². The topological polar surface area (TPSA) is 70.7 Å². The number of benzene rings is 2. The summed E-state index contributed by atoms with van der Waals surface area (Å²) in [5, 5.41) is 7.53. The van der Waals surface area contributed by atoms with Gasteiger partial charge in [-0.05, 0) is 54.3 Å². The summed E-state index contributed by atoms with van der Waals surface area (Å²) in [6.45, 7) is 1.42. The fourth-order valence-corrected chi connectivity index (χ4v) is 3.26. The van der Waals surface area contributed by atoms with Crippen molar-refractivity contribution in [3.63, 3.8) is 0 Å². The second-order valence-corrected chi connectivity index (χ2v) is 6.62. The van der Waals surface area contributed by atoms with Crippen molar-refractivity contribution in [2.24, 2.45) is 4.99 Å². The molecule has 0 unspecified atom stereocenters. The second kappa shape index (κ2) is 11.6. The molecule has 0 fully saturated rings. The van der Waals surface area contributed by atoms with Gasteiger partial charge in [-0.15, -0.1) is 24.0 Å². The van der Waals surface area contributed by atoms with Crippen molar-refractivity contribution in [1.29, 1.82) is 0 Å². The van der Waals surface area contributed by atoms with E-state index in [4.69, 9.17) is 9.47 Å². The molecule has 30 heavy (non-hydrogen) atoms. The van der Waals surface area contributed by atoms with E-state index in [9.17, 15) is 4.39 Å². The Balaban J connectivity index is 0.00000320. The summed E-state index contributed by atoms with van der Waals surface area (Å²) in [4.78, 5) is 7.44. The fraction of sp³-hybridized carbons (Fsp3) is 0.318. The molecule has 0 bridgehead atoms. The maximum absolute atomic E-state index is 13.5. The van der Waals surface area contributed by atoms with Gasteiger partial charge in [-0.1, -0.05) is 6.07 Å². The number of guanidine groups is 1. The van der Waals surface area contributed by atoms with E-state index in [-0.39, 0.29) is 29.8 Å². The van der Waals surface area contributed by atoms with Gasteiger partial charge < -0.3 is 25.1 Å². The predicted octanol–water partition coefficient (Wildman–Crippen LogP) is 3.89. The Morgan fingerprint density at radius 1 is 1.00 bits per heavy atom. The van der Waals surface area contributed by atoms with Gasteiger partial charge in [0.1, 0.15) is 5.82 Å². The van der Waals surface area contributed by atoms with Crippen molar-refractivity contribution < 1.29 is 13.9 Å². The Hall–Kier alpha value is -2.49. The first kappa shape index (κ1) is 23.8. The highest BCUT2D eigenvalue weighted by Crippen LogP contribution is 2.27. The van der Waals surface area contributed by atoms with Crippen molar-refractivity contribution in [2.45, 2.75) is 12.8 Å². The zero-order valence-corrected chi connectivity index (χ0v) is 19.8. The van der Waals surface area contributed by atoms with Gasteiger partial charge in [0.15, 0.2) is 17.5 Å². The molecular weight excluding hydrogens is 498 g/mol. The van der Waals surface area contributed by atoms with Crippen LogP contribution in [-0.2, 0) is 12.8 Å². The molecule has 0 aliphatic carbocycles. The van der Waals surface area contributed by atoms with E-state index in [2.05, 4.69) is 20.6 Å². The lowest BCUT2D eigenvalue weighted by molar-refractivity contribution is 0.354. The van der Waals surface area contributed by atoms with Gasteiger partial charge in [-0.3, -0.25) is 4.99 Å². The lowest BCUT2D eigenvalue weighted by atomic mass is 10.1. The molecule has 3 N–H and O–H groups in total. The van der Waals surface area contributed by atoms with Crippen LogP contribution in [0.15, 0.2) is 47.6 Å². The van der Waals surface area contributed by atoms with Crippen LogP contribution in [0.1, 0.15) is 11.1 Å². The van der Waals surface area contributed by atoms with Gasteiger partial charge in [0.05, 0.1) is 14.2 Å². The van der Waals surface area contributed by atoms with E-state index in [1.165, 1.54) is 6.07 Å².